The molecule has 0 aromatic heterocycles. The first-order valence-electron chi connectivity index (χ1n) is 6.06. The number of likely N-dealkylation sites (tertiary alicyclic amines) is 1. The van der Waals surface area contributed by atoms with Crippen molar-refractivity contribution in [3.8, 4) is 0 Å². The number of carbonyl (C=O) groups is 1. The number of halogens is 2. The summed E-state index contributed by atoms with van der Waals surface area (Å²) < 4.78 is 12.9. The summed E-state index contributed by atoms with van der Waals surface area (Å²) in [7, 11) is 0. The van der Waals surface area contributed by atoms with Gasteiger partial charge in [0, 0.05) is 13.1 Å². The van der Waals surface area contributed by atoms with Crippen LogP contribution in [0.2, 0.25) is 5.02 Å². The fourth-order valence-electron chi connectivity index (χ4n) is 2.01. The van der Waals surface area contributed by atoms with Crippen LogP contribution in [-0.4, -0.2) is 36.6 Å². The van der Waals surface area contributed by atoms with Crippen LogP contribution in [0, 0.1) is 0 Å². The van der Waals surface area contributed by atoms with Crippen LogP contribution in [0.3, 0.4) is 0 Å². The van der Waals surface area contributed by atoms with Gasteiger partial charge in [-0.2, -0.15) is 0 Å². The minimum atomic E-state index is -0.715. The molecule has 3 nitrogen and oxygen atoms in total. The van der Waals surface area contributed by atoms with Crippen LogP contribution in [0.1, 0.15) is 12.8 Å². The molecule has 2 rings (SSSR count). The second-order valence-corrected chi connectivity index (χ2v) is 4.89. The van der Waals surface area contributed by atoms with Gasteiger partial charge in [-0.25, -0.2) is 4.39 Å². The van der Waals surface area contributed by atoms with Crippen molar-refractivity contribution in [3.63, 3.8) is 0 Å². The summed E-state index contributed by atoms with van der Waals surface area (Å²) in [6, 6.07) is 7.11. The molecule has 0 atom stereocenters. The van der Waals surface area contributed by atoms with E-state index in [0.717, 1.165) is 0 Å². The zero-order chi connectivity index (χ0) is 13.0. The molecule has 1 saturated heterocycles. The number of alkyl halides is 1. The van der Waals surface area contributed by atoms with Crippen molar-refractivity contribution in [1.82, 2.24) is 4.90 Å². The molecule has 0 radical (unpaired) electrons. The maximum Gasteiger partial charge on any atom is 0.238 e. The molecule has 5 heteroatoms. The molecular formula is C13H16ClFN2O. The summed E-state index contributed by atoms with van der Waals surface area (Å²) in [5.74, 6) is -0.111. The number of rotatable bonds is 3. The molecule has 1 aromatic carbocycles. The number of hydrogen-bond donors (Lipinski definition) is 1. The summed E-state index contributed by atoms with van der Waals surface area (Å²) in [5.41, 5.74) is 0.615. The van der Waals surface area contributed by atoms with Crippen LogP contribution in [-0.2, 0) is 4.79 Å². The molecule has 0 saturated carbocycles. The van der Waals surface area contributed by atoms with Crippen molar-refractivity contribution in [3.05, 3.63) is 29.3 Å². The van der Waals surface area contributed by atoms with E-state index in [-0.39, 0.29) is 12.5 Å². The Kier molecular flexibility index (Phi) is 4.55. The van der Waals surface area contributed by atoms with E-state index in [4.69, 9.17) is 11.6 Å². The number of piperidine rings is 1. The number of nitrogens with zero attached hydrogens (tertiary/aromatic N) is 1. The maximum atomic E-state index is 12.9. The largest absolute Gasteiger partial charge is 0.324 e. The lowest BCUT2D eigenvalue weighted by molar-refractivity contribution is -0.117. The van der Waals surface area contributed by atoms with E-state index < -0.39 is 6.17 Å². The number of hydrogen-bond acceptors (Lipinski definition) is 2. The molecule has 1 N–H and O–H groups in total. The predicted molar refractivity (Wildman–Crippen MR) is 70.7 cm³/mol. The van der Waals surface area contributed by atoms with Crippen LogP contribution < -0.4 is 5.32 Å². The fraction of sp³-hybridized carbons (Fsp3) is 0.462. The monoisotopic (exact) mass is 270 g/mol. The van der Waals surface area contributed by atoms with E-state index in [1.165, 1.54) is 0 Å². The average molecular weight is 271 g/mol. The molecule has 0 bridgehead atoms. The predicted octanol–water partition coefficient (Wildman–Crippen LogP) is 2.71. The molecular weight excluding hydrogens is 255 g/mol. The van der Waals surface area contributed by atoms with Gasteiger partial charge >= 0.3 is 0 Å². The second-order valence-electron chi connectivity index (χ2n) is 4.48. The van der Waals surface area contributed by atoms with Gasteiger partial charge in [0.1, 0.15) is 6.17 Å². The summed E-state index contributed by atoms with van der Waals surface area (Å²) in [4.78, 5) is 13.8. The highest BCUT2D eigenvalue weighted by atomic mass is 35.5. The highest BCUT2D eigenvalue weighted by molar-refractivity contribution is 6.33. The topological polar surface area (TPSA) is 32.3 Å². The Bertz CT molecular complexity index is 419. The molecule has 1 aliphatic rings. The first kappa shape index (κ1) is 13.3. The Morgan fingerprint density at radius 2 is 2.06 bits per heavy atom. The van der Waals surface area contributed by atoms with E-state index in [0.29, 0.717) is 36.6 Å². The molecule has 1 heterocycles. The Morgan fingerprint density at radius 1 is 1.39 bits per heavy atom. The summed E-state index contributed by atoms with van der Waals surface area (Å²) in [5, 5.41) is 3.28. The minimum absolute atomic E-state index is 0.111. The lowest BCUT2D eigenvalue weighted by Gasteiger charge is -2.27. The number of para-hydroxylation sites is 1. The summed E-state index contributed by atoms with van der Waals surface area (Å²) in [6.07, 6.45) is 0.312. The van der Waals surface area contributed by atoms with Gasteiger partial charge in [0.05, 0.1) is 17.3 Å². The molecule has 0 unspecified atom stereocenters. The normalized spacial score (nSPS) is 17.7. The quantitative estimate of drug-likeness (QED) is 0.916. The third-order valence-corrected chi connectivity index (χ3v) is 3.36. The van der Waals surface area contributed by atoms with Gasteiger partial charge in [-0.05, 0) is 25.0 Å². The molecule has 1 fully saturated rings. The van der Waals surface area contributed by atoms with Crippen molar-refractivity contribution < 1.29 is 9.18 Å². The Hall–Kier alpha value is -1.13. The molecule has 1 aromatic rings. The summed E-state index contributed by atoms with van der Waals surface area (Å²) in [6.45, 7) is 1.56. The number of benzene rings is 1. The molecule has 0 aliphatic carbocycles. The van der Waals surface area contributed by atoms with Gasteiger partial charge in [-0.15, -0.1) is 0 Å². The Balaban J connectivity index is 1.84. The molecule has 18 heavy (non-hydrogen) atoms. The number of amides is 1. The van der Waals surface area contributed by atoms with Crippen LogP contribution in [0.5, 0.6) is 0 Å². The number of nitrogens with one attached hydrogen (secondary N) is 1. The van der Waals surface area contributed by atoms with Crippen molar-refractivity contribution in [2.45, 2.75) is 19.0 Å². The van der Waals surface area contributed by atoms with Crippen LogP contribution in [0.15, 0.2) is 24.3 Å². The van der Waals surface area contributed by atoms with E-state index in [1.54, 1.807) is 12.1 Å². The first-order chi connectivity index (χ1) is 8.65. The van der Waals surface area contributed by atoms with Crippen molar-refractivity contribution in [2.24, 2.45) is 0 Å². The highest BCUT2D eigenvalue weighted by Gasteiger charge is 2.20. The Labute approximate surface area is 111 Å². The van der Waals surface area contributed by atoms with Gasteiger partial charge in [0.2, 0.25) is 5.91 Å². The van der Waals surface area contributed by atoms with Crippen LogP contribution in [0.25, 0.3) is 0 Å². The number of carbonyl (C=O) groups excluding carboxylic acids is 1. The van der Waals surface area contributed by atoms with Gasteiger partial charge < -0.3 is 5.32 Å². The van der Waals surface area contributed by atoms with E-state index >= 15 is 0 Å². The Morgan fingerprint density at radius 3 is 2.72 bits per heavy atom. The molecule has 1 aliphatic heterocycles. The average Bonchev–Trinajstić information content (AvgIpc) is 2.35. The van der Waals surface area contributed by atoms with E-state index in [9.17, 15) is 9.18 Å². The SMILES string of the molecule is O=C(CN1CCC(F)CC1)Nc1ccccc1Cl. The lowest BCUT2D eigenvalue weighted by atomic mass is 10.1. The van der Waals surface area contributed by atoms with Crippen LogP contribution >= 0.6 is 11.6 Å². The maximum absolute atomic E-state index is 12.9. The summed E-state index contributed by atoms with van der Waals surface area (Å²) >= 11 is 5.95. The number of anilines is 1. The second kappa shape index (κ2) is 6.16. The zero-order valence-electron chi connectivity index (χ0n) is 10.0. The van der Waals surface area contributed by atoms with Gasteiger partial charge in [0.25, 0.3) is 0 Å². The van der Waals surface area contributed by atoms with E-state index in [1.807, 2.05) is 17.0 Å². The van der Waals surface area contributed by atoms with Gasteiger partial charge in [-0.3, -0.25) is 9.69 Å². The fourth-order valence-corrected chi connectivity index (χ4v) is 2.20. The highest BCUT2D eigenvalue weighted by Crippen LogP contribution is 2.20. The molecule has 1 amide bonds. The smallest absolute Gasteiger partial charge is 0.238 e. The molecule has 0 spiro atoms. The van der Waals surface area contributed by atoms with Crippen molar-refractivity contribution >= 4 is 23.2 Å². The molecule has 98 valence electrons. The lowest BCUT2D eigenvalue weighted by Crippen LogP contribution is -2.39. The van der Waals surface area contributed by atoms with E-state index in [2.05, 4.69) is 5.32 Å². The van der Waals surface area contributed by atoms with Crippen LogP contribution in [0.4, 0.5) is 10.1 Å². The third kappa shape index (κ3) is 3.68. The standard InChI is InChI=1S/C13H16ClFN2O/c14-11-3-1-2-4-12(11)16-13(18)9-17-7-5-10(15)6-8-17/h1-4,10H,5-9H2,(H,16,18). The zero-order valence-corrected chi connectivity index (χ0v) is 10.8. The van der Waals surface area contributed by atoms with Crippen molar-refractivity contribution in [1.29, 1.82) is 0 Å². The van der Waals surface area contributed by atoms with Gasteiger partial charge in [-0.1, -0.05) is 23.7 Å². The van der Waals surface area contributed by atoms with Gasteiger partial charge in [0.15, 0.2) is 0 Å². The third-order valence-electron chi connectivity index (χ3n) is 3.03. The van der Waals surface area contributed by atoms with Crippen molar-refractivity contribution in [2.75, 3.05) is 25.0 Å². The first-order valence-corrected chi connectivity index (χ1v) is 6.44. The minimum Gasteiger partial charge on any atom is -0.324 e.